The van der Waals surface area contributed by atoms with Gasteiger partial charge in [0, 0.05) is 5.56 Å². The average molecular weight is 370 g/mol. The lowest BCUT2D eigenvalue weighted by atomic mass is 9.90. The van der Waals surface area contributed by atoms with Crippen LogP contribution in [0.15, 0.2) is 13.6 Å². The molecule has 2 unspecified atom stereocenters. The molecule has 92 valence electrons. The van der Waals surface area contributed by atoms with Crippen LogP contribution in [0.1, 0.15) is 51.2 Å². The summed E-state index contributed by atoms with van der Waals surface area (Å²) in [6, 6.07) is 2.02. The van der Waals surface area contributed by atoms with E-state index in [9.17, 15) is 5.11 Å². The van der Waals surface area contributed by atoms with Gasteiger partial charge in [-0.25, -0.2) is 0 Å². The van der Waals surface area contributed by atoms with Gasteiger partial charge in [0.25, 0.3) is 0 Å². The van der Waals surface area contributed by atoms with E-state index in [0.29, 0.717) is 5.92 Å². The van der Waals surface area contributed by atoms with Gasteiger partial charge in [0.05, 0.1) is 13.7 Å². The molecular formula is C12H18Br2OS. The second kappa shape index (κ2) is 7.14. The maximum absolute atomic E-state index is 10.4. The molecule has 1 rings (SSSR count). The molecule has 1 heterocycles. The maximum Gasteiger partial charge on any atom is 0.0837 e. The number of hydrogen-bond acceptors (Lipinski definition) is 2. The first-order valence-electron chi connectivity index (χ1n) is 5.72. The molecule has 0 saturated heterocycles. The molecule has 1 N–H and O–H groups in total. The van der Waals surface area contributed by atoms with Gasteiger partial charge < -0.3 is 5.11 Å². The minimum Gasteiger partial charge on any atom is -0.388 e. The highest BCUT2D eigenvalue weighted by Gasteiger charge is 2.22. The van der Waals surface area contributed by atoms with Gasteiger partial charge in [-0.3, -0.25) is 0 Å². The van der Waals surface area contributed by atoms with Crippen molar-refractivity contribution < 1.29 is 5.11 Å². The molecule has 0 aromatic carbocycles. The second-order valence-corrected chi connectivity index (χ2v) is 7.78. The topological polar surface area (TPSA) is 20.2 Å². The zero-order valence-corrected chi connectivity index (χ0v) is 13.7. The molecule has 0 radical (unpaired) electrons. The first kappa shape index (κ1) is 14.7. The van der Waals surface area contributed by atoms with Crippen LogP contribution in [0, 0.1) is 5.92 Å². The Kier molecular flexibility index (Phi) is 6.55. The lowest BCUT2D eigenvalue weighted by Crippen LogP contribution is -2.11. The summed E-state index contributed by atoms with van der Waals surface area (Å²) < 4.78 is 2.11. The van der Waals surface area contributed by atoms with Gasteiger partial charge in [0.2, 0.25) is 0 Å². The fraction of sp³-hybridized carbons (Fsp3) is 0.667. The van der Waals surface area contributed by atoms with E-state index in [1.54, 1.807) is 11.3 Å². The predicted octanol–water partition coefficient (Wildman–Crippen LogP) is 5.52. The third-order valence-electron chi connectivity index (χ3n) is 2.90. The molecule has 1 nitrogen and oxygen atoms in total. The number of aliphatic hydroxyl groups excluding tert-OH is 1. The maximum atomic E-state index is 10.4. The van der Waals surface area contributed by atoms with E-state index < -0.39 is 0 Å². The minimum atomic E-state index is -0.339. The Balaban J connectivity index is 2.74. The Labute approximate surface area is 119 Å². The first-order valence-corrected chi connectivity index (χ1v) is 8.13. The van der Waals surface area contributed by atoms with Gasteiger partial charge in [0.15, 0.2) is 0 Å². The molecule has 2 atom stereocenters. The molecule has 1 aromatic heterocycles. The molecule has 0 spiro atoms. The summed E-state index contributed by atoms with van der Waals surface area (Å²) in [7, 11) is 0. The predicted molar refractivity (Wildman–Crippen MR) is 78.0 cm³/mol. The SMILES string of the molecule is CCCCC(CC)C(O)c1cc(Br)sc1Br. The van der Waals surface area contributed by atoms with Crippen molar-refractivity contribution in [2.24, 2.45) is 5.92 Å². The van der Waals surface area contributed by atoms with Crippen LogP contribution in [0.3, 0.4) is 0 Å². The van der Waals surface area contributed by atoms with Crippen LogP contribution < -0.4 is 0 Å². The van der Waals surface area contributed by atoms with Crippen LogP contribution in [0.4, 0.5) is 0 Å². The third-order valence-corrected chi connectivity index (χ3v) is 5.29. The third kappa shape index (κ3) is 3.83. The van der Waals surface area contributed by atoms with Gasteiger partial charge in [-0.2, -0.15) is 0 Å². The van der Waals surface area contributed by atoms with Crippen molar-refractivity contribution in [2.45, 2.75) is 45.6 Å². The molecular weight excluding hydrogens is 352 g/mol. The molecule has 0 aliphatic carbocycles. The second-order valence-electron chi connectivity index (χ2n) is 4.03. The fourth-order valence-electron chi connectivity index (χ4n) is 1.86. The highest BCUT2D eigenvalue weighted by molar-refractivity contribution is 9.12. The Morgan fingerprint density at radius 1 is 1.38 bits per heavy atom. The van der Waals surface area contributed by atoms with E-state index in [2.05, 4.69) is 45.7 Å². The van der Waals surface area contributed by atoms with E-state index in [1.807, 2.05) is 6.07 Å². The average Bonchev–Trinajstić information content (AvgIpc) is 2.58. The highest BCUT2D eigenvalue weighted by Crippen LogP contribution is 2.39. The standard InChI is InChI=1S/C12H18Br2OS/c1-3-5-6-8(4-2)11(15)9-7-10(13)16-12(9)14/h7-8,11,15H,3-6H2,1-2H3. The molecule has 0 aliphatic heterocycles. The smallest absolute Gasteiger partial charge is 0.0837 e. The minimum absolute atomic E-state index is 0.339. The van der Waals surface area contributed by atoms with Crippen molar-refractivity contribution in [1.29, 1.82) is 0 Å². The van der Waals surface area contributed by atoms with Gasteiger partial charge in [0.1, 0.15) is 0 Å². The summed E-state index contributed by atoms with van der Waals surface area (Å²) in [6.45, 7) is 4.34. The van der Waals surface area contributed by atoms with E-state index in [4.69, 9.17) is 0 Å². The summed E-state index contributed by atoms with van der Waals surface area (Å²) in [5.74, 6) is 0.373. The number of hydrogen-bond donors (Lipinski definition) is 1. The lowest BCUT2D eigenvalue weighted by molar-refractivity contribution is 0.0987. The molecule has 0 bridgehead atoms. The van der Waals surface area contributed by atoms with Crippen molar-refractivity contribution >= 4 is 43.2 Å². The van der Waals surface area contributed by atoms with Crippen LogP contribution >= 0.6 is 43.2 Å². The Hall–Kier alpha value is 0.620. The van der Waals surface area contributed by atoms with Crippen LogP contribution in [0.2, 0.25) is 0 Å². The first-order chi connectivity index (χ1) is 7.60. The van der Waals surface area contributed by atoms with Gasteiger partial charge >= 0.3 is 0 Å². The monoisotopic (exact) mass is 368 g/mol. The van der Waals surface area contributed by atoms with Crippen molar-refractivity contribution in [2.75, 3.05) is 0 Å². The summed E-state index contributed by atoms with van der Waals surface area (Å²) in [5, 5.41) is 10.4. The highest BCUT2D eigenvalue weighted by atomic mass is 79.9. The van der Waals surface area contributed by atoms with Gasteiger partial charge in [-0.15, -0.1) is 11.3 Å². The zero-order valence-electron chi connectivity index (χ0n) is 9.67. The number of halogens is 2. The van der Waals surface area contributed by atoms with Crippen LogP contribution in [0.5, 0.6) is 0 Å². The Morgan fingerprint density at radius 2 is 2.06 bits per heavy atom. The fourth-order valence-corrected chi connectivity index (χ4v) is 4.77. The van der Waals surface area contributed by atoms with Crippen LogP contribution in [0.25, 0.3) is 0 Å². The van der Waals surface area contributed by atoms with Crippen LogP contribution in [-0.2, 0) is 0 Å². The van der Waals surface area contributed by atoms with Crippen molar-refractivity contribution in [3.63, 3.8) is 0 Å². The van der Waals surface area contributed by atoms with Gasteiger partial charge in [-0.1, -0.05) is 33.1 Å². The lowest BCUT2D eigenvalue weighted by Gasteiger charge is -2.21. The van der Waals surface area contributed by atoms with Crippen molar-refractivity contribution in [3.8, 4) is 0 Å². The van der Waals surface area contributed by atoms with E-state index in [1.165, 1.54) is 12.8 Å². The van der Waals surface area contributed by atoms with E-state index in [-0.39, 0.29) is 6.10 Å². The summed E-state index contributed by atoms with van der Waals surface area (Å²) in [4.78, 5) is 0. The zero-order chi connectivity index (χ0) is 12.1. The Morgan fingerprint density at radius 3 is 2.50 bits per heavy atom. The molecule has 1 aromatic rings. The summed E-state index contributed by atoms with van der Waals surface area (Å²) in [6.07, 6.45) is 4.18. The number of aliphatic hydroxyl groups is 1. The quantitative estimate of drug-likeness (QED) is 0.699. The number of thiophene rings is 1. The normalized spacial score (nSPS) is 15.1. The largest absolute Gasteiger partial charge is 0.388 e. The summed E-state index contributed by atoms with van der Waals surface area (Å²) >= 11 is 8.59. The molecule has 0 saturated carbocycles. The Bertz CT molecular complexity index is 325. The number of unbranched alkanes of at least 4 members (excludes halogenated alkanes) is 1. The van der Waals surface area contributed by atoms with Crippen molar-refractivity contribution in [3.05, 3.63) is 19.2 Å². The molecule has 16 heavy (non-hydrogen) atoms. The summed E-state index contributed by atoms with van der Waals surface area (Å²) in [5.41, 5.74) is 1.03. The molecule has 0 aliphatic rings. The number of rotatable bonds is 6. The van der Waals surface area contributed by atoms with Gasteiger partial charge in [-0.05, 0) is 50.3 Å². The molecule has 0 fully saturated rings. The van der Waals surface area contributed by atoms with E-state index in [0.717, 1.165) is 26.0 Å². The van der Waals surface area contributed by atoms with Crippen molar-refractivity contribution in [1.82, 2.24) is 0 Å². The van der Waals surface area contributed by atoms with E-state index >= 15 is 0 Å². The molecule has 0 amide bonds. The molecule has 4 heteroatoms. The van der Waals surface area contributed by atoms with Crippen LogP contribution in [-0.4, -0.2) is 5.11 Å².